The number of hydrogen-bond donors (Lipinski definition) is 1. The van der Waals surface area contributed by atoms with E-state index in [1.165, 1.54) is 4.90 Å². The monoisotopic (exact) mass is 308 g/mol. The molecule has 1 aliphatic rings. The van der Waals surface area contributed by atoms with Crippen LogP contribution in [0.25, 0.3) is 0 Å². The van der Waals surface area contributed by atoms with Crippen LogP contribution in [0.1, 0.15) is 33.6 Å². The maximum Gasteiger partial charge on any atom is 0.335 e. The number of nitro benzene ring substituents is 1. The Morgan fingerprint density at radius 3 is 2.64 bits per heavy atom. The third kappa shape index (κ3) is 3.59. The fraction of sp³-hybridized carbons (Fsp3) is 0.429. The highest BCUT2D eigenvalue weighted by atomic mass is 16.6. The van der Waals surface area contributed by atoms with Crippen molar-refractivity contribution in [2.45, 2.75) is 18.9 Å². The molecule has 0 radical (unpaired) electrons. The normalized spacial score (nSPS) is 17.2. The Balaban J connectivity index is 2.23. The van der Waals surface area contributed by atoms with Crippen LogP contribution in [-0.2, 0) is 4.74 Å². The van der Waals surface area contributed by atoms with Crippen LogP contribution in [-0.4, -0.2) is 53.1 Å². The average Bonchev–Trinajstić information content (AvgIpc) is 2.98. The third-order valence-corrected chi connectivity index (χ3v) is 3.47. The molecule has 0 aromatic heterocycles. The summed E-state index contributed by atoms with van der Waals surface area (Å²) in [6.07, 6.45) is 1.74. The lowest BCUT2D eigenvalue weighted by Gasteiger charge is -2.21. The average molecular weight is 308 g/mol. The molecule has 0 bridgehead atoms. The first-order valence-corrected chi connectivity index (χ1v) is 6.78. The van der Waals surface area contributed by atoms with Gasteiger partial charge in [0.25, 0.3) is 11.6 Å². The second-order valence-electron chi connectivity index (χ2n) is 5.15. The van der Waals surface area contributed by atoms with E-state index in [-0.39, 0.29) is 17.2 Å². The molecule has 8 nitrogen and oxygen atoms in total. The van der Waals surface area contributed by atoms with Crippen LogP contribution in [0.2, 0.25) is 0 Å². The summed E-state index contributed by atoms with van der Waals surface area (Å²) in [5, 5.41) is 19.9. The molecular weight excluding hydrogens is 292 g/mol. The second-order valence-corrected chi connectivity index (χ2v) is 5.15. The lowest BCUT2D eigenvalue weighted by molar-refractivity contribution is -0.384. The topological polar surface area (TPSA) is 110 Å². The van der Waals surface area contributed by atoms with Gasteiger partial charge in [0, 0.05) is 37.9 Å². The number of ether oxygens (including phenoxy) is 1. The molecule has 2 rings (SSSR count). The number of non-ortho nitro benzene ring substituents is 1. The molecule has 22 heavy (non-hydrogen) atoms. The van der Waals surface area contributed by atoms with Gasteiger partial charge in [0.05, 0.1) is 16.6 Å². The van der Waals surface area contributed by atoms with E-state index < -0.39 is 22.5 Å². The van der Waals surface area contributed by atoms with E-state index in [0.29, 0.717) is 13.2 Å². The third-order valence-electron chi connectivity index (χ3n) is 3.47. The summed E-state index contributed by atoms with van der Waals surface area (Å²) in [4.78, 5) is 34.9. The highest BCUT2D eigenvalue weighted by molar-refractivity contribution is 5.98. The number of amides is 1. The first-order valence-electron chi connectivity index (χ1n) is 6.78. The minimum Gasteiger partial charge on any atom is -0.478 e. The number of carboxylic acid groups (broad SMARTS) is 1. The number of likely N-dealkylation sites (N-methyl/N-ethyl adjacent to an activating group) is 1. The second kappa shape index (κ2) is 6.52. The van der Waals surface area contributed by atoms with Gasteiger partial charge < -0.3 is 14.7 Å². The van der Waals surface area contributed by atoms with Gasteiger partial charge in [0.15, 0.2) is 0 Å². The highest BCUT2D eigenvalue weighted by Crippen LogP contribution is 2.20. The number of carbonyl (C=O) groups excluding carboxylic acids is 1. The van der Waals surface area contributed by atoms with Crippen molar-refractivity contribution in [1.29, 1.82) is 0 Å². The molecule has 0 aliphatic carbocycles. The van der Waals surface area contributed by atoms with Gasteiger partial charge in [0.1, 0.15) is 0 Å². The Bertz CT molecular complexity index is 577. The van der Waals surface area contributed by atoms with E-state index in [1.54, 1.807) is 7.05 Å². The summed E-state index contributed by atoms with van der Waals surface area (Å²) < 4.78 is 5.44. The molecule has 1 atom stereocenters. The lowest BCUT2D eigenvalue weighted by Crippen LogP contribution is -2.34. The zero-order valence-electron chi connectivity index (χ0n) is 12.0. The molecule has 118 valence electrons. The summed E-state index contributed by atoms with van der Waals surface area (Å²) >= 11 is 0. The molecule has 1 amide bonds. The number of hydrogen-bond acceptors (Lipinski definition) is 5. The Labute approximate surface area is 126 Å². The van der Waals surface area contributed by atoms with Crippen LogP contribution in [0, 0.1) is 10.1 Å². The molecule has 1 heterocycles. The highest BCUT2D eigenvalue weighted by Gasteiger charge is 2.23. The molecule has 0 saturated carbocycles. The van der Waals surface area contributed by atoms with Crippen molar-refractivity contribution in [2.24, 2.45) is 0 Å². The summed E-state index contributed by atoms with van der Waals surface area (Å²) in [6.45, 7) is 1.02. The Morgan fingerprint density at radius 2 is 2.09 bits per heavy atom. The van der Waals surface area contributed by atoms with Gasteiger partial charge in [0.2, 0.25) is 0 Å². The number of aromatic carboxylic acids is 1. The van der Waals surface area contributed by atoms with Gasteiger partial charge in [-0.15, -0.1) is 0 Å². The predicted molar refractivity (Wildman–Crippen MR) is 76.0 cm³/mol. The summed E-state index contributed by atoms with van der Waals surface area (Å²) in [5.41, 5.74) is -0.732. The van der Waals surface area contributed by atoms with Crippen molar-refractivity contribution in [3.8, 4) is 0 Å². The molecule has 1 fully saturated rings. The number of carbonyl (C=O) groups is 2. The van der Waals surface area contributed by atoms with Gasteiger partial charge in [-0.25, -0.2) is 4.79 Å². The van der Waals surface area contributed by atoms with E-state index >= 15 is 0 Å². The largest absolute Gasteiger partial charge is 0.478 e. The Kier molecular flexibility index (Phi) is 4.71. The van der Waals surface area contributed by atoms with Crippen molar-refractivity contribution in [2.75, 3.05) is 20.2 Å². The van der Waals surface area contributed by atoms with Crippen LogP contribution < -0.4 is 0 Å². The maximum atomic E-state index is 12.3. The summed E-state index contributed by atoms with van der Waals surface area (Å²) in [5.74, 6) is -1.79. The zero-order valence-corrected chi connectivity index (χ0v) is 12.0. The number of benzene rings is 1. The molecule has 1 aliphatic heterocycles. The lowest BCUT2D eigenvalue weighted by atomic mass is 10.1. The van der Waals surface area contributed by atoms with E-state index in [0.717, 1.165) is 31.0 Å². The number of nitro groups is 1. The minimum absolute atomic E-state index is 0.0212. The fourth-order valence-electron chi connectivity index (χ4n) is 2.36. The van der Waals surface area contributed by atoms with Crippen LogP contribution in [0.15, 0.2) is 18.2 Å². The number of nitrogens with zero attached hydrogens (tertiary/aromatic N) is 2. The standard InChI is InChI=1S/C14H16N2O6/c1-15(8-12-3-2-4-22-12)13(17)9-5-10(14(18)19)7-11(6-9)16(20)21/h5-7,12H,2-4,8H2,1H3,(H,18,19). The number of carboxylic acids is 1. The molecule has 0 spiro atoms. The van der Waals surface area contributed by atoms with Crippen molar-refractivity contribution >= 4 is 17.6 Å². The quantitative estimate of drug-likeness (QED) is 0.652. The first kappa shape index (κ1) is 15.9. The van der Waals surface area contributed by atoms with Gasteiger partial charge in [-0.2, -0.15) is 0 Å². The van der Waals surface area contributed by atoms with Gasteiger partial charge >= 0.3 is 5.97 Å². The molecule has 1 unspecified atom stereocenters. The van der Waals surface area contributed by atoms with Crippen LogP contribution in [0.3, 0.4) is 0 Å². The molecule has 1 saturated heterocycles. The summed E-state index contributed by atoms with van der Waals surface area (Å²) in [6, 6.07) is 3.16. The maximum absolute atomic E-state index is 12.3. The Morgan fingerprint density at radius 1 is 1.41 bits per heavy atom. The molecular formula is C14H16N2O6. The van der Waals surface area contributed by atoms with Crippen molar-refractivity contribution in [1.82, 2.24) is 4.90 Å². The van der Waals surface area contributed by atoms with Crippen molar-refractivity contribution in [3.63, 3.8) is 0 Å². The first-order chi connectivity index (χ1) is 10.4. The molecule has 1 aromatic rings. The van der Waals surface area contributed by atoms with E-state index in [4.69, 9.17) is 9.84 Å². The minimum atomic E-state index is -1.32. The van der Waals surface area contributed by atoms with Crippen LogP contribution in [0.5, 0.6) is 0 Å². The van der Waals surface area contributed by atoms with E-state index in [2.05, 4.69) is 0 Å². The van der Waals surface area contributed by atoms with Crippen molar-refractivity contribution < 1.29 is 24.4 Å². The van der Waals surface area contributed by atoms with Gasteiger partial charge in [-0.1, -0.05) is 0 Å². The fourth-order valence-corrected chi connectivity index (χ4v) is 2.36. The Hall–Kier alpha value is -2.48. The summed E-state index contributed by atoms with van der Waals surface area (Å²) in [7, 11) is 1.56. The zero-order chi connectivity index (χ0) is 16.3. The molecule has 8 heteroatoms. The smallest absolute Gasteiger partial charge is 0.335 e. The molecule has 1 aromatic carbocycles. The SMILES string of the molecule is CN(CC1CCCO1)C(=O)c1cc(C(=O)O)cc([N+](=O)[O-])c1. The van der Waals surface area contributed by atoms with E-state index in [1.807, 2.05) is 0 Å². The predicted octanol–water partition coefficient (Wildman–Crippen LogP) is 1.54. The van der Waals surface area contributed by atoms with E-state index in [9.17, 15) is 19.7 Å². The van der Waals surface area contributed by atoms with Gasteiger partial charge in [-0.3, -0.25) is 14.9 Å². The van der Waals surface area contributed by atoms with Crippen molar-refractivity contribution in [3.05, 3.63) is 39.4 Å². The number of rotatable bonds is 5. The van der Waals surface area contributed by atoms with Crippen LogP contribution in [0.4, 0.5) is 5.69 Å². The molecule has 1 N–H and O–H groups in total. The van der Waals surface area contributed by atoms with Gasteiger partial charge in [-0.05, 0) is 18.9 Å². The van der Waals surface area contributed by atoms with Crippen LogP contribution >= 0.6 is 0 Å².